The van der Waals surface area contributed by atoms with Crippen molar-refractivity contribution in [2.24, 2.45) is 10.4 Å². The predicted molar refractivity (Wildman–Crippen MR) is 122 cm³/mol. The maximum Gasteiger partial charge on any atom is 0.222 e. The summed E-state index contributed by atoms with van der Waals surface area (Å²) < 4.78 is 28.1. The van der Waals surface area contributed by atoms with Crippen LogP contribution in [0.1, 0.15) is 45.4 Å². The van der Waals surface area contributed by atoms with E-state index in [1.807, 2.05) is 6.92 Å². The summed E-state index contributed by atoms with van der Waals surface area (Å²) in [4.78, 5) is 16.7. The topological polar surface area (TPSA) is 109 Å². The molecule has 28 heavy (non-hydrogen) atoms. The van der Waals surface area contributed by atoms with Gasteiger partial charge in [0.1, 0.15) is 0 Å². The zero-order valence-electron chi connectivity index (χ0n) is 17.0. The van der Waals surface area contributed by atoms with Crippen molar-refractivity contribution in [1.82, 2.24) is 16.0 Å². The molecular weight excluding hydrogens is 495 g/mol. The standard InChI is InChI=1S/C18H34N4O4S.HI/c1-3-19-17(21-14-18(7-4-8-18)9-11-26-2)20-10-5-16(23)22-15-6-12-27(24,25)13-15;/h15H,3-14H2,1-2H3,(H,22,23)(H2,19,20,21);1H. The molecule has 1 saturated carbocycles. The molecule has 0 spiro atoms. The minimum atomic E-state index is -2.98. The molecule has 164 valence electrons. The molecule has 2 rings (SSSR count). The number of hydrogen-bond donors (Lipinski definition) is 3. The number of amides is 1. The highest BCUT2D eigenvalue weighted by Crippen LogP contribution is 2.44. The molecule has 0 aromatic heterocycles. The first-order valence-electron chi connectivity index (χ1n) is 9.89. The molecule has 2 aliphatic rings. The maximum absolute atomic E-state index is 12.0. The van der Waals surface area contributed by atoms with Crippen LogP contribution in [0.5, 0.6) is 0 Å². The zero-order chi connectivity index (χ0) is 19.8. The Labute approximate surface area is 186 Å². The van der Waals surface area contributed by atoms with E-state index in [-0.39, 0.29) is 59.3 Å². The van der Waals surface area contributed by atoms with Gasteiger partial charge in [-0.05, 0) is 38.0 Å². The van der Waals surface area contributed by atoms with Gasteiger partial charge in [0, 0.05) is 45.8 Å². The summed E-state index contributed by atoms with van der Waals surface area (Å²) in [6.45, 7) is 4.74. The summed E-state index contributed by atoms with van der Waals surface area (Å²) in [5.41, 5.74) is 0.254. The first-order valence-corrected chi connectivity index (χ1v) is 11.7. The van der Waals surface area contributed by atoms with E-state index in [1.165, 1.54) is 19.3 Å². The second kappa shape index (κ2) is 12.2. The van der Waals surface area contributed by atoms with Crippen LogP contribution in [0.2, 0.25) is 0 Å². The predicted octanol–water partition coefficient (Wildman–Crippen LogP) is 1.06. The molecule has 1 amide bonds. The SMILES string of the molecule is CCNC(=NCC1(CCOC)CCC1)NCCC(=O)NC1CCS(=O)(=O)C1.I. The van der Waals surface area contributed by atoms with Crippen molar-refractivity contribution in [2.75, 3.05) is 44.9 Å². The number of ether oxygens (including phenoxy) is 1. The van der Waals surface area contributed by atoms with E-state index >= 15 is 0 Å². The van der Waals surface area contributed by atoms with Crippen LogP contribution in [0, 0.1) is 5.41 Å². The number of methoxy groups -OCH3 is 1. The second-order valence-electron chi connectivity index (χ2n) is 7.64. The number of nitrogens with zero attached hydrogens (tertiary/aromatic N) is 1. The molecule has 1 aliphatic carbocycles. The Hall–Kier alpha value is -0.620. The zero-order valence-corrected chi connectivity index (χ0v) is 20.1. The highest BCUT2D eigenvalue weighted by atomic mass is 127. The Morgan fingerprint density at radius 3 is 2.57 bits per heavy atom. The number of carbonyl (C=O) groups excluding carboxylic acids is 1. The number of sulfone groups is 1. The monoisotopic (exact) mass is 530 g/mol. The van der Waals surface area contributed by atoms with Gasteiger partial charge in [-0.3, -0.25) is 9.79 Å². The van der Waals surface area contributed by atoms with Crippen molar-refractivity contribution in [1.29, 1.82) is 0 Å². The summed E-state index contributed by atoms with van der Waals surface area (Å²) in [5.74, 6) is 0.811. The summed E-state index contributed by atoms with van der Waals surface area (Å²) >= 11 is 0. The smallest absolute Gasteiger partial charge is 0.222 e. The van der Waals surface area contributed by atoms with Gasteiger partial charge in [0.2, 0.25) is 5.91 Å². The van der Waals surface area contributed by atoms with Crippen LogP contribution in [-0.2, 0) is 19.4 Å². The maximum atomic E-state index is 12.0. The van der Waals surface area contributed by atoms with Crippen molar-refractivity contribution >= 4 is 45.7 Å². The van der Waals surface area contributed by atoms with E-state index in [2.05, 4.69) is 16.0 Å². The average Bonchev–Trinajstić information content (AvgIpc) is 2.92. The van der Waals surface area contributed by atoms with Crippen LogP contribution in [0.4, 0.5) is 0 Å². The molecule has 1 heterocycles. The number of halogens is 1. The lowest BCUT2D eigenvalue weighted by Crippen LogP contribution is -2.42. The molecule has 10 heteroatoms. The minimum Gasteiger partial charge on any atom is -0.385 e. The Bertz CT molecular complexity index is 623. The molecule has 0 aromatic rings. The van der Waals surface area contributed by atoms with E-state index < -0.39 is 9.84 Å². The van der Waals surface area contributed by atoms with Crippen molar-refractivity contribution in [3.05, 3.63) is 0 Å². The van der Waals surface area contributed by atoms with E-state index in [9.17, 15) is 13.2 Å². The van der Waals surface area contributed by atoms with Crippen LogP contribution in [0.15, 0.2) is 4.99 Å². The highest BCUT2D eigenvalue weighted by molar-refractivity contribution is 14.0. The van der Waals surface area contributed by atoms with Crippen LogP contribution < -0.4 is 16.0 Å². The van der Waals surface area contributed by atoms with E-state index in [1.54, 1.807) is 7.11 Å². The van der Waals surface area contributed by atoms with Gasteiger partial charge in [0.05, 0.1) is 11.5 Å². The fourth-order valence-corrected chi connectivity index (χ4v) is 5.25. The molecule has 1 atom stereocenters. The van der Waals surface area contributed by atoms with Crippen LogP contribution in [-0.4, -0.2) is 71.2 Å². The Kier molecular flexibility index (Phi) is 11.0. The number of carbonyl (C=O) groups is 1. The lowest BCUT2D eigenvalue weighted by molar-refractivity contribution is -0.121. The number of rotatable bonds is 10. The van der Waals surface area contributed by atoms with Crippen molar-refractivity contribution in [2.45, 2.75) is 51.5 Å². The lowest BCUT2D eigenvalue weighted by Gasteiger charge is -2.40. The number of hydrogen-bond acceptors (Lipinski definition) is 5. The first-order chi connectivity index (χ1) is 12.9. The summed E-state index contributed by atoms with van der Waals surface area (Å²) in [7, 11) is -1.25. The van der Waals surface area contributed by atoms with E-state index in [4.69, 9.17) is 9.73 Å². The average molecular weight is 530 g/mol. The largest absolute Gasteiger partial charge is 0.385 e. The number of aliphatic imine (C=N–C) groups is 1. The second-order valence-corrected chi connectivity index (χ2v) is 9.86. The van der Waals surface area contributed by atoms with Crippen LogP contribution >= 0.6 is 24.0 Å². The lowest BCUT2D eigenvalue weighted by atomic mass is 9.67. The van der Waals surface area contributed by atoms with Gasteiger partial charge in [0.25, 0.3) is 0 Å². The molecule has 1 saturated heterocycles. The van der Waals surface area contributed by atoms with Gasteiger partial charge < -0.3 is 20.7 Å². The third kappa shape index (κ3) is 8.40. The highest BCUT2D eigenvalue weighted by Gasteiger charge is 2.36. The molecular formula is C18H35IN4O4S. The number of nitrogens with one attached hydrogen (secondary N) is 3. The van der Waals surface area contributed by atoms with E-state index in [0.717, 1.165) is 32.1 Å². The van der Waals surface area contributed by atoms with Crippen LogP contribution in [0.3, 0.4) is 0 Å². The molecule has 2 fully saturated rings. The Morgan fingerprint density at radius 2 is 2.04 bits per heavy atom. The normalized spacial score (nSPS) is 22.6. The van der Waals surface area contributed by atoms with Gasteiger partial charge in [-0.25, -0.2) is 8.42 Å². The molecule has 1 aliphatic heterocycles. The first kappa shape index (κ1) is 25.4. The van der Waals surface area contributed by atoms with Gasteiger partial charge in [-0.1, -0.05) is 6.42 Å². The Morgan fingerprint density at radius 1 is 1.29 bits per heavy atom. The quantitative estimate of drug-likeness (QED) is 0.222. The summed E-state index contributed by atoms with van der Waals surface area (Å²) in [5, 5.41) is 9.22. The third-order valence-corrected chi connectivity index (χ3v) is 7.18. The molecule has 8 nitrogen and oxygen atoms in total. The van der Waals surface area contributed by atoms with Gasteiger partial charge in [0.15, 0.2) is 15.8 Å². The molecule has 0 aromatic carbocycles. The molecule has 0 bridgehead atoms. The fraction of sp³-hybridized carbons (Fsp3) is 0.889. The fourth-order valence-electron chi connectivity index (χ4n) is 3.57. The van der Waals surface area contributed by atoms with Crippen LogP contribution in [0.25, 0.3) is 0 Å². The van der Waals surface area contributed by atoms with Gasteiger partial charge in [-0.2, -0.15) is 0 Å². The van der Waals surface area contributed by atoms with Crippen molar-refractivity contribution in [3.8, 4) is 0 Å². The van der Waals surface area contributed by atoms with Gasteiger partial charge in [-0.15, -0.1) is 24.0 Å². The Balaban J connectivity index is 0.00000392. The minimum absolute atomic E-state index is 0. The number of guanidine groups is 1. The third-order valence-electron chi connectivity index (χ3n) is 5.41. The van der Waals surface area contributed by atoms with Crippen molar-refractivity contribution < 1.29 is 17.9 Å². The van der Waals surface area contributed by atoms with Crippen molar-refractivity contribution in [3.63, 3.8) is 0 Å². The molecule has 0 radical (unpaired) electrons. The summed E-state index contributed by atoms with van der Waals surface area (Å²) in [6, 6.07) is -0.247. The van der Waals surface area contributed by atoms with Gasteiger partial charge >= 0.3 is 0 Å². The molecule has 1 unspecified atom stereocenters. The molecule has 3 N–H and O–H groups in total. The summed E-state index contributed by atoms with van der Waals surface area (Å²) in [6.07, 6.45) is 5.45. The van der Waals surface area contributed by atoms with E-state index in [0.29, 0.717) is 13.0 Å².